The number of hydrogen-bond acceptors (Lipinski definition) is 3. The van der Waals surface area contributed by atoms with Crippen LogP contribution in [0.2, 0.25) is 5.28 Å². The summed E-state index contributed by atoms with van der Waals surface area (Å²) in [6.45, 7) is 1.95. The molecular weight excluding hydrogens is 198 g/mol. The van der Waals surface area contributed by atoms with Gasteiger partial charge in [-0.15, -0.1) is 0 Å². The van der Waals surface area contributed by atoms with Crippen LogP contribution in [0.3, 0.4) is 0 Å². The standard InChI is InChI=1S/C10H8ClN3/c1-7-6-13-10(11)14-9(7)8-2-4-12-5-3-8/h2-6H,1H3. The first kappa shape index (κ1) is 9.09. The van der Waals surface area contributed by atoms with Gasteiger partial charge in [-0.2, -0.15) is 0 Å². The minimum absolute atomic E-state index is 0.266. The highest BCUT2D eigenvalue weighted by Crippen LogP contribution is 2.20. The quantitative estimate of drug-likeness (QED) is 0.672. The Balaban J connectivity index is 2.57. The van der Waals surface area contributed by atoms with Crippen molar-refractivity contribution in [2.75, 3.05) is 0 Å². The predicted octanol–water partition coefficient (Wildman–Crippen LogP) is 2.50. The van der Waals surface area contributed by atoms with E-state index in [4.69, 9.17) is 11.6 Å². The summed E-state index contributed by atoms with van der Waals surface area (Å²) in [6, 6.07) is 3.79. The van der Waals surface area contributed by atoms with Gasteiger partial charge in [0.15, 0.2) is 0 Å². The molecule has 0 N–H and O–H groups in total. The Hall–Kier alpha value is -1.48. The fourth-order valence-electron chi connectivity index (χ4n) is 1.22. The Labute approximate surface area is 86.8 Å². The molecule has 14 heavy (non-hydrogen) atoms. The monoisotopic (exact) mass is 205 g/mol. The maximum absolute atomic E-state index is 5.73. The third kappa shape index (κ3) is 1.72. The van der Waals surface area contributed by atoms with Gasteiger partial charge in [-0.25, -0.2) is 9.97 Å². The van der Waals surface area contributed by atoms with Crippen molar-refractivity contribution in [3.63, 3.8) is 0 Å². The number of nitrogens with zero attached hydrogens (tertiary/aromatic N) is 3. The van der Waals surface area contributed by atoms with Gasteiger partial charge in [0, 0.05) is 24.2 Å². The lowest BCUT2D eigenvalue weighted by Crippen LogP contribution is -1.91. The molecule has 0 saturated heterocycles. The van der Waals surface area contributed by atoms with Crippen molar-refractivity contribution in [1.82, 2.24) is 15.0 Å². The normalized spacial score (nSPS) is 10.1. The molecule has 0 unspecified atom stereocenters. The molecule has 0 aromatic carbocycles. The minimum Gasteiger partial charge on any atom is -0.265 e. The van der Waals surface area contributed by atoms with Crippen molar-refractivity contribution in [2.24, 2.45) is 0 Å². The number of aromatic nitrogens is 3. The lowest BCUT2D eigenvalue weighted by Gasteiger charge is -2.03. The molecule has 0 aliphatic heterocycles. The van der Waals surface area contributed by atoms with Crippen molar-refractivity contribution in [3.05, 3.63) is 41.6 Å². The number of hydrogen-bond donors (Lipinski definition) is 0. The molecule has 0 aliphatic carbocycles. The van der Waals surface area contributed by atoms with Crippen molar-refractivity contribution < 1.29 is 0 Å². The maximum atomic E-state index is 5.73. The summed E-state index contributed by atoms with van der Waals surface area (Å²) >= 11 is 5.73. The molecular formula is C10H8ClN3. The van der Waals surface area contributed by atoms with Crippen molar-refractivity contribution in [2.45, 2.75) is 6.92 Å². The van der Waals surface area contributed by atoms with Gasteiger partial charge in [-0.05, 0) is 36.2 Å². The molecule has 2 rings (SSSR count). The van der Waals surface area contributed by atoms with Crippen LogP contribution in [0.25, 0.3) is 11.3 Å². The summed E-state index contributed by atoms with van der Waals surface area (Å²) in [7, 11) is 0. The number of rotatable bonds is 1. The second-order valence-corrected chi connectivity index (χ2v) is 3.24. The van der Waals surface area contributed by atoms with E-state index in [1.807, 2.05) is 19.1 Å². The third-order valence-electron chi connectivity index (χ3n) is 1.90. The number of aryl methyl sites for hydroxylation is 1. The molecule has 0 bridgehead atoms. The van der Waals surface area contributed by atoms with E-state index in [9.17, 15) is 0 Å². The van der Waals surface area contributed by atoms with Crippen LogP contribution in [0.15, 0.2) is 30.7 Å². The van der Waals surface area contributed by atoms with Gasteiger partial charge >= 0.3 is 0 Å². The highest BCUT2D eigenvalue weighted by atomic mass is 35.5. The summed E-state index contributed by atoms with van der Waals surface area (Å²) in [6.07, 6.45) is 5.17. The molecule has 2 aromatic heterocycles. The molecule has 4 heteroatoms. The van der Waals surface area contributed by atoms with Crippen molar-refractivity contribution >= 4 is 11.6 Å². The number of pyridine rings is 1. The Morgan fingerprint density at radius 2 is 1.93 bits per heavy atom. The zero-order valence-corrected chi connectivity index (χ0v) is 8.36. The van der Waals surface area contributed by atoms with Crippen LogP contribution in [-0.4, -0.2) is 15.0 Å². The van der Waals surface area contributed by atoms with Crippen LogP contribution >= 0.6 is 11.6 Å². The summed E-state index contributed by atoms with van der Waals surface area (Å²) in [5.74, 6) is 0. The van der Waals surface area contributed by atoms with E-state index in [0.717, 1.165) is 16.8 Å². The molecule has 0 amide bonds. The van der Waals surface area contributed by atoms with E-state index in [1.165, 1.54) is 0 Å². The molecule has 70 valence electrons. The van der Waals surface area contributed by atoms with E-state index < -0.39 is 0 Å². The van der Waals surface area contributed by atoms with Crippen LogP contribution in [0.4, 0.5) is 0 Å². The largest absolute Gasteiger partial charge is 0.265 e. The molecule has 3 nitrogen and oxygen atoms in total. The fraction of sp³-hybridized carbons (Fsp3) is 0.100. The zero-order valence-electron chi connectivity index (χ0n) is 7.61. The minimum atomic E-state index is 0.266. The van der Waals surface area contributed by atoms with Crippen molar-refractivity contribution in [3.8, 4) is 11.3 Å². The van der Waals surface area contributed by atoms with E-state index >= 15 is 0 Å². The first-order chi connectivity index (χ1) is 6.77. The predicted molar refractivity (Wildman–Crippen MR) is 55.0 cm³/mol. The second kappa shape index (κ2) is 3.72. The van der Waals surface area contributed by atoms with E-state index in [2.05, 4.69) is 15.0 Å². The van der Waals surface area contributed by atoms with E-state index in [0.29, 0.717) is 0 Å². The molecule has 0 atom stereocenters. The van der Waals surface area contributed by atoms with Crippen LogP contribution < -0.4 is 0 Å². The topological polar surface area (TPSA) is 38.7 Å². The van der Waals surface area contributed by atoms with Crippen LogP contribution in [0.5, 0.6) is 0 Å². The molecule has 0 saturated carbocycles. The Morgan fingerprint density at radius 3 is 2.64 bits per heavy atom. The van der Waals surface area contributed by atoms with Crippen LogP contribution in [0.1, 0.15) is 5.56 Å². The van der Waals surface area contributed by atoms with E-state index in [1.54, 1.807) is 18.6 Å². The summed E-state index contributed by atoms with van der Waals surface area (Å²) < 4.78 is 0. The molecule has 0 fully saturated rings. The SMILES string of the molecule is Cc1cnc(Cl)nc1-c1ccncc1. The summed E-state index contributed by atoms with van der Waals surface area (Å²) in [4.78, 5) is 12.0. The van der Waals surface area contributed by atoms with Gasteiger partial charge in [0.05, 0.1) is 5.69 Å². The zero-order chi connectivity index (χ0) is 9.97. The van der Waals surface area contributed by atoms with Gasteiger partial charge in [-0.3, -0.25) is 4.98 Å². The molecule has 0 aliphatic rings. The average Bonchev–Trinajstić information content (AvgIpc) is 2.23. The molecule has 0 spiro atoms. The molecule has 0 radical (unpaired) electrons. The summed E-state index contributed by atoms with van der Waals surface area (Å²) in [5, 5.41) is 0.266. The average molecular weight is 206 g/mol. The van der Waals surface area contributed by atoms with Gasteiger partial charge in [0.1, 0.15) is 0 Å². The van der Waals surface area contributed by atoms with Gasteiger partial charge in [-0.1, -0.05) is 0 Å². The molecule has 2 heterocycles. The van der Waals surface area contributed by atoms with Crippen LogP contribution in [-0.2, 0) is 0 Å². The maximum Gasteiger partial charge on any atom is 0.222 e. The highest BCUT2D eigenvalue weighted by Gasteiger charge is 2.04. The first-order valence-corrected chi connectivity index (χ1v) is 4.55. The second-order valence-electron chi connectivity index (χ2n) is 2.91. The van der Waals surface area contributed by atoms with E-state index in [-0.39, 0.29) is 5.28 Å². The van der Waals surface area contributed by atoms with Crippen molar-refractivity contribution in [1.29, 1.82) is 0 Å². The van der Waals surface area contributed by atoms with Gasteiger partial charge in [0.2, 0.25) is 5.28 Å². The third-order valence-corrected chi connectivity index (χ3v) is 2.08. The lowest BCUT2D eigenvalue weighted by atomic mass is 10.1. The van der Waals surface area contributed by atoms with Gasteiger partial charge < -0.3 is 0 Å². The first-order valence-electron chi connectivity index (χ1n) is 4.17. The number of halogens is 1. The Kier molecular flexibility index (Phi) is 2.41. The Morgan fingerprint density at radius 1 is 1.21 bits per heavy atom. The fourth-order valence-corrected chi connectivity index (χ4v) is 1.36. The smallest absolute Gasteiger partial charge is 0.222 e. The van der Waals surface area contributed by atoms with Crippen LogP contribution in [0, 0.1) is 6.92 Å². The molecule has 2 aromatic rings. The van der Waals surface area contributed by atoms with Gasteiger partial charge in [0.25, 0.3) is 0 Å². The highest BCUT2D eigenvalue weighted by molar-refractivity contribution is 6.28. The Bertz CT molecular complexity index is 442. The lowest BCUT2D eigenvalue weighted by molar-refractivity contribution is 1.13. The summed E-state index contributed by atoms with van der Waals surface area (Å²) in [5.41, 5.74) is 2.86.